The lowest BCUT2D eigenvalue weighted by atomic mass is 9.67. The van der Waals surface area contributed by atoms with E-state index in [2.05, 4.69) is 39.0 Å². The number of nitrogens with zero attached hydrogens (tertiary/aromatic N) is 2. The van der Waals surface area contributed by atoms with Crippen molar-refractivity contribution in [3.05, 3.63) is 30.5 Å². The van der Waals surface area contributed by atoms with Gasteiger partial charge in [0.2, 0.25) is 0 Å². The average Bonchev–Trinajstić information content (AvgIpc) is 3.23. The third-order valence-electron chi connectivity index (χ3n) is 6.68. The highest BCUT2D eigenvalue weighted by Crippen LogP contribution is 2.50. The summed E-state index contributed by atoms with van der Waals surface area (Å²) in [6.07, 6.45) is 7.38. The molecule has 5 nitrogen and oxygen atoms in total. The number of carbonyl (C=O) groups excluding carboxylic acids is 1. The molecular formula is C21H27N3O2. The Morgan fingerprint density at radius 2 is 2.00 bits per heavy atom. The molecule has 1 aliphatic carbocycles. The van der Waals surface area contributed by atoms with Gasteiger partial charge in [0.15, 0.2) is 0 Å². The van der Waals surface area contributed by atoms with E-state index in [9.17, 15) is 4.79 Å². The Kier molecular flexibility index (Phi) is 3.92. The van der Waals surface area contributed by atoms with E-state index in [0.29, 0.717) is 0 Å². The van der Waals surface area contributed by atoms with Gasteiger partial charge in [0.25, 0.3) is 0 Å². The second-order valence-corrected chi connectivity index (χ2v) is 8.23. The zero-order valence-electron chi connectivity index (χ0n) is 15.2. The fourth-order valence-electron chi connectivity index (χ4n) is 4.80. The van der Waals surface area contributed by atoms with E-state index in [1.54, 1.807) is 0 Å². The van der Waals surface area contributed by atoms with Gasteiger partial charge in [-0.25, -0.2) is 0 Å². The summed E-state index contributed by atoms with van der Waals surface area (Å²) in [5.41, 5.74) is 2.43. The summed E-state index contributed by atoms with van der Waals surface area (Å²) < 4.78 is 5.65. The van der Waals surface area contributed by atoms with Gasteiger partial charge in [-0.1, -0.05) is 6.42 Å². The van der Waals surface area contributed by atoms with Crippen LogP contribution in [0.25, 0.3) is 10.9 Å². The van der Waals surface area contributed by atoms with Crippen LogP contribution in [-0.2, 0) is 9.53 Å². The van der Waals surface area contributed by atoms with E-state index < -0.39 is 0 Å². The average molecular weight is 353 g/mol. The summed E-state index contributed by atoms with van der Waals surface area (Å²) in [5.74, 6) is 0.0821. The summed E-state index contributed by atoms with van der Waals surface area (Å²) in [4.78, 5) is 20.3. The van der Waals surface area contributed by atoms with E-state index in [4.69, 9.17) is 4.74 Å². The standard InChI is InChI=1S/C21H27N3O2/c25-20-21(6-1-7-21)15-18(26-20)5-9-23-10-12-24(13-11-23)17-2-3-19-16(14-17)4-8-22-19/h2-4,8,14,18,22H,1,5-7,9-13,15H2/t18-/m0/s1. The molecule has 5 heteroatoms. The van der Waals surface area contributed by atoms with Gasteiger partial charge in [-0.15, -0.1) is 0 Å². The van der Waals surface area contributed by atoms with Crippen LogP contribution in [0.3, 0.4) is 0 Å². The molecule has 0 bridgehead atoms. The zero-order valence-corrected chi connectivity index (χ0v) is 15.2. The van der Waals surface area contributed by atoms with Crippen LogP contribution in [0.2, 0.25) is 0 Å². The van der Waals surface area contributed by atoms with Crippen LogP contribution in [-0.4, -0.2) is 54.7 Å². The van der Waals surface area contributed by atoms with E-state index in [1.165, 1.54) is 23.0 Å². The van der Waals surface area contributed by atoms with Crippen LogP contribution in [0.5, 0.6) is 0 Å². The maximum atomic E-state index is 12.1. The summed E-state index contributed by atoms with van der Waals surface area (Å²) in [6, 6.07) is 8.79. The van der Waals surface area contributed by atoms with Crippen molar-refractivity contribution in [2.24, 2.45) is 5.41 Å². The lowest BCUT2D eigenvalue weighted by Gasteiger charge is -2.36. The van der Waals surface area contributed by atoms with Gasteiger partial charge in [0, 0.05) is 61.9 Å². The van der Waals surface area contributed by atoms with Crippen molar-refractivity contribution in [2.75, 3.05) is 37.6 Å². The lowest BCUT2D eigenvalue weighted by Crippen LogP contribution is -2.47. The number of carbonyl (C=O) groups is 1. The van der Waals surface area contributed by atoms with Gasteiger partial charge in [-0.05, 0) is 43.5 Å². The molecule has 0 unspecified atom stereocenters. The molecular weight excluding hydrogens is 326 g/mol. The van der Waals surface area contributed by atoms with Gasteiger partial charge >= 0.3 is 5.97 Å². The summed E-state index contributed by atoms with van der Waals surface area (Å²) in [7, 11) is 0. The number of H-pyrrole nitrogens is 1. The molecule has 3 aliphatic rings. The number of nitrogens with one attached hydrogen (secondary N) is 1. The molecule has 1 aromatic carbocycles. The Bertz CT molecular complexity index is 802. The first-order valence-corrected chi connectivity index (χ1v) is 9.97. The minimum absolute atomic E-state index is 0.0821. The number of cyclic esters (lactones) is 1. The van der Waals surface area contributed by atoms with Crippen molar-refractivity contribution >= 4 is 22.6 Å². The maximum absolute atomic E-state index is 12.1. The predicted molar refractivity (Wildman–Crippen MR) is 102 cm³/mol. The van der Waals surface area contributed by atoms with Gasteiger partial charge in [0.1, 0.15) is 6.10 Å². The van der Waals surface area contributed by atoms with Crippen molar-refractivity contribution in [1.29, 1.82) is 0 Å². The number of hydrogen-bond donors (Lipinski definition) is 1. The third kappa shape index (κ3) is 2.78. The second-order valence-electron chi connectivity index (χ2n) is 8.23. The quantitative estimate of drug-likeness (QED) is 0.858. The van der Waals surface area contributed by atoms with Crippen LogP contribution >= 0.6 is 0 Å². The lowest BCUT2D eigenvalue weighted by molar-refractivity contribution is -0.152. The monoisotopic (exact) mass is 353 g/mol. The molecule has 5 rings (SSSR count). The number of rotatable bonds is 4. The molecule has 1 atom stereocenters. The SMILES string of the molecule is O=C1O[C@@H](CCN2CCN(c3ccc4[nH]ccc4c3)CC2)CC12CCC2. The normalized spacial score (nSPS) is 25.6. The molecule has 1 saturated carbocycles. The molecule has 2 saturated heterocycles. The molecule has 2 aliphatic heterocycles. The number of anilines is 1. The fourth-order valence-corrected chi connectivity index (χ4v) is 4.80. The van der Waals surface area contributed by atoms with Crippen molar-refractivity contribution in [3.63, 3.8) is 0 Å². The maximum Gasteiger partial charge on any atom is 0.312 e. The van der Waals surface area contributed by atoms with Gasteiger partial charge in [-0.2, -0.15) is 0 Å². The van der Waals surface area contributed by atoms with E-state index in [1.807, 2.05) is 6.20 Å². The van der Waals surface area contributed by atoms with Crippen molar-refractivity contribution in [3.8, 4) is 0 Å². The van der Waals surface area contributed by atoms with Gasteiger partial charge in [0.05, 0.1) is 5.41 Å². The summed E-state index contributed by atoms with van der Waals surface area (Å²) >= 11 is 0. The number of piperazine rings is 1. The predicted octanol–water partition coefficient (Wildman–Crippen LogP) is 3.17. The minimum Gasteiger partial charge on any atom is -0.462 e. The molecule has 1 aromatic heterocycles. The van der Waals surface area contributed by atoms with Crippen LogP contribution in [0.15, 0.2) is 30.5 Å². The van der Waals surface area contributed by atoms with E-state index in [0.717, 1.165) is 58.4 Å². The first kappa shape index (κ1) is 16.2. The Balaban J connectivity index is 1.12. The number of ether oxygens (including phenoxy) is 1. The number of aromatic nitrogens is 1. The van der Waals surface area contributed by atoms with Crippen LogP contribution in [0.1, 0.15) is 32.1 Å². The fraction of sp³-hybridized carbons (Fsp3) is 0.571. The van der Waals surface area contributed by atoms with Crippen molar-refractivity contribution in [1.82, 2.24) is 9.88 Å². The molecule has 26 heavy (non-hydrogen) atoms. The van der Waals surface area contributed by atoms with Gasteiger partial charge in [-0.3, -0.25) is 9.69 Å². The molecule has 3 heterocycles. The Labute approximate surface area is 154 Å². The molecule has 0 amide bonds. The molecule has 1 spiro atoms. The highest BCUT2D eigenvalue weighted by molar-refractivity contribution is 5.83. The molecule has 0 radical (unpaired) electrons. The number of benzene rings is 1. The van der Waals surface area contributed by atoms with E-state index in [-0.39, 0.29) is 17.5 Å². The van der Waals surface area contributed by atoms with Crippen LogP contribution < -0.4 is 4.90 Å². The molecule has 3 fully saturated rings. The number of aromatic amines is 1. The minimum atomic E-state index is -0.0831. The summed E-state index contributed by atoms with van der Waals surface area (Å²) in [5, 5.41) is 1.28. The van der Waals surface area contributed by atoms with Crippen LogP contribution in [0, 0.1) is 5.41 Å². The number of fused-ring (bicyclic) bond motifs is 1. The third-order valence-corrected chi connectivity index (χ3v) is 6.68. The molecule has 1 N–H and O–H groups in total. The second kappa shape index (κ2) is 6.31. The largest absolute Gasteiger partial charge is 0.462 e. The van der Waals surface area contributed by atoms with Crippen LogP contribution in [0.4, 0.5) is 5.69 Å². The first-order valence-electron chi connectivity index (χ1n) is 9.97. The Morgan fingerprint density at radius 3 is 2.73 bits per heavy atom. The smallest absolute Gasteiger partial charge is 0.312 e. The first-order chi connectivity index (χ1) is 12.7. The number of esters is 1. The van der Waals surface area contributed by atoms with Crippen molar-refractivity contribution < 1.29 is 9.53 Å². The Hall–Kier alpha value is -2.01. The van der Waals surface area contributed by atoms with Crippen molar-refractivity contribution in [2.45, 2.75) is 38.2 Å². The highest BCUT2D eigenvalue weighted by Gasteiger charge is 2.52. The zero-order chi connectivity index (χ0) is 17.6. The molecule has 2 aromatic rings. The highest BCUT2D eigenvalue weighted by atomic mass is 16.6. The topological polar surface area (TPSA) is 48.6 Å². The Morgan fingerprint density at radius 1 is 1.15 bits per heavy atom. The molecule has 138 valence electrons. The van der Waals surface area contributed by atoms with Gasteiger partial charge < -0.3 is 14.6 Å². The summed E-state index contributed by atoms with van der Waals surface area (Å²) in [6.45, 7) is 5.32. The van der Waals surface area contributed by atoms with E-state index >= 15 is 0 Å². The number of hydrogen-bond acceptors (Lipinski definition) is 4.